The van der Waals surface area contributed by atoms with Crippen molar-refractivity contribution in [3.8, 4) is 0 Å². The lowest BCUT2D eigenvalue weighted by Crippen LogP contribution is -2.10. The van der Waals surface area contributed by atoms with Crippen LogP contribution in [0.1, 0.15) is 5.56 Å². The first-order valence-electron chi connectivity index (χ1n) is 5.32. The third-order valence-electron chi connectivity index (χ3n) is 2.49. The molecule has 2 aromatic rings. The van der Waals surface area contributed by atoms with Crippen LogP contribution >= 0.6 is 0 Å². The number of nitrogens with zero attached hydrogens (tertiary/aromatic N) is 2. The molecule has 0 unspecified atom stereocenters. The van der Waals surface area contributed by atoms with E-state index in [1.807, 2.05) is 30.3 Å². The molecule has 2 rings (SSSR count). The van der Waals surface area contributed by atoms with Crippen molar-refractivity contribution in [2.24, 2.45) is 0 Å². The Balaban J connectivity index is 2.13. The van der Waals surface area contributed by atoms with Gasteiger partial charge in [0.1, 0.15) is 0 Å². The summed E-state index contributed by atoms with van der Waals surface area (Å²) in [6.45, 7) is 0.617. The molecule has 0 saturated carbocycles. The topological polar surface area (TPSA) is 52.0 Å². The average Bonchev–Trinajstić information content (AvgIpc) is 2.75. The third-order valence-corrected chi connectivity index (χ3v) is 3.50. The Morgan fingerprint density at radius 2 is 1.94 bits per heavy atom. The van der Waals surface area contributed by atoms with E-state index in [9.17, 15) is 8.42 Å². The van der Waals surface area contributed by atoms with E-state index < -0.39 is 9.84 Å². The summed E-state index contributed by atoms with van der Waals surface area (Å²) in [6, 6.07) is 9.96. The number of hydrogen-bond donors (Lipinski definition) is 0. The zero-order chi connectivity index (χ0) is 12.3. The van der Waals surface area contributed by atoms with Crippen molar-refractivity contribution in [2.45, 2.75) is 18.1 Å². The van der Waals surface area contributed by atoms with Crippen LogP contribution in [0.5, 0.6) is 0 Å². The fourth-order valence-corrected chi connectivity index (χ4v) is 2.52. The number of rotatable bonds is 4. The summed E-state index contributed by atoms with van der Waals surface area (Å²) in [7, 11) is -3.24. The monoisotopic (exact) mass is 250 g/mol. The molecule has 4 nitrogen and oxygen atoms in total. The van der Waals surface area contributed by atoms with Gasteiger partial charge in [-0.15, -0.1) is 0 Å². The van der Waals surface area contributed by atoms with Crippen LogP contribution in [0.25, 0.3) is 0 Å². The Labute approximate surface area is 101 Å². The molecule has 0 spiro atoms. The fourth-order valence-electron chi connectivity index (χ4n) is 1.69. The maximum absolute atomic E-state index is 11.4. The molecule has 90 valence electrons. The lowest BCUT2D eigenvalue weighted by Gasteiger charge is -2.06. The number of aromatic nitrogens is 2. The van der Waals surface area contributed by atoms with Crippen LogP contribution in [0, 0.1) is 0 Å². The molecule has 0 amide bonds. The van der Waals surface area contributed by atoms with Gasteiger partial charge in [-0.2, -0.15) is 0 Å². The van der Waals surface area contributed by atoms with E-state index in [2.05, 4.69) is 4.98 Å². The van der Waals surface area contributed by atoms with Gasteiger partial charge in [-0.1, -0.05) is 30.3 Å². The SMILES string of the molecule is CS(=O)(=O)c1nccn1CCc1ccccc1. The van der Waals surface area contributed by atoms with E-state index in [0.717, 1.165) is 6.42 Å². The standard InChI is InChI=1S/C12H14N2O2S/c1-17(15,16)12-13-8-10-14(12)9-7-11-5-3-2-4-6-11/h2-6,8,10H,7,9H2,1H3. The van der Waals surface area contributed by atoms with Crippen LogP contribution in [-0.4, -0.2) is 24.2 Å². The number of aryl methyl sites for hydroxylation is 2. The second kappa shape index (κ2) is 4.71. The minimum Gasteiger partial charge on any atom is -0.322 e. The molecule has 0 fully saturated rings. The van der Waals surface area contributed by atoms with E-state index >= 15 is 0 Å². The molecule has 0 bridgehead atoms. The first kappa shape index (κ1) is 11.9. The average molecular weight is 250 g/mol. The van der Waals surface area contributed by atoms with Gasteiger partial charge >= 0.3 is 0 Å². The largest absolute Gasteiger partial charge is 0.322 e. The molecule has 17 heavy (non-hydrogen) atoms. The molecule has 0 saturated heterocycles. The van der Waals surface area contributed by atoms with Crippen LogP contribution in [0.2, 0.25) is 0 Å². The van der Waals surface area contributed by atoms with Crippen molar-refractivity contribution < 1.29 is 8.42 Å². The minimum absolute atomic E-state index is 0.133. The molecule has 0 N–H and O–H groups in total. The molecule has 0 atom stereocenters. The number of benzene rings is 1. The molecular weight excluding hydrogens is 236 g/mol. The van der Waals surface area contributed by atoms with E-state index in [1.54, 1.807) is 10.8 Å². The summed E-state index contributed by atoms with van der Waals surface area (Å²) in [6.07, 6.45) is 5.18. The quantitative estimate of drug-likeness (QED) is 0.827. The van der Waals surface area contributed by atoms with Gasteiger partial charge in [0.15, 0.2) is 0 Å². The minimum atomic E-state index is -3.24. The van der Waals surface area contributed by atoms with Gasteiger partial charge in [-0.3, -0.25) is 0 Å². The lowest BCUT2D eigenvalue weighted by molar-refractivity contribution is 0.565. The second-order valence-electron chi connectivity index (χ2n) is 3.91. The Morgan fingerprint density at radius 3 is 2.59 bits per heavy atom. The van der Waals surface area contributed by atoms with Crippen molar-refractivity contribution >= 4 is 9.84 Å². The number of sulfone groups is 1. The van der Waals surface area contributed by atoms with Gasteiger partial charge in [-0.05, 0) is 12.0 Å². The molecule has 1 heterocycles. The Bertz CT molecular complexity index is 588. The van der Waals surface area contributed by atoms with Crippen LogP contribution in [0.3, 0.4) is 0 Å². The molecule has 5 heteroatoms. The Morgan fingerprint density at radius 1 is 1.24 bits per heavy atom. The maximum atomic E-state index is 11.4. The molecule has 1 aromatic heterocycles. The molecular formula is C12H14N2O2S. The highest BCUT2D eigenvalue weighted by molar-refractivity contribution is 7.90. The van der Waals surface area contributed by atoms with Crippen molar-refractivity contribution in [3.63, 3.8) is 0 Å². The van der Waals surface area contributed by atoms with Gasteiger partial charge in [-0.25, -0.2) is 13.4 Å². The van der Waals surface area contributed by atoms with Gasteiger partial charge in [0, 0.05) is 25.2 Å². The normalized spacial score (nSPS) is 11.6. The zero-order valence-corrected chi connectivity index (χ0v) is 10.4. The molecule has 0 aliphatic carbocycles. The predicted octanol–water partition coefficient (Wildman–Crippen LogP) is 1.53. The maximum Gasteiger partial charge on any atom is 0.227 e. The lowest BCUT2D eigenvalue weighted by atomic mass is 10.1. The zero-order valence-electron chi connectivity index (χ0n) is 9.57. The molecule has 0 aliphatic rings. The highest BCUT2D eigenvalue weighted by Crippen LogP contribution is 2.08. The van der Waals surface area contributed by atoms with E-state index in [4.69, 9.17) is 0 Å². The van der Waals surface area contributed by atoms with E-state index in [-0.39, 0.29) is 5.16 Å². The van der Waals surface area contributed by atoms with Gasteiger partial charge < -0.3 is 4.57 Å². The van der Waals surface area contributed by atoms with Crippen molar-refractivity contribution in [2.75, 3.05) is 6.26 Å². The summed E-state index contributed by atoms with van der Waals surface area (Å²) >= 11 is 0. The van der Waals surface area contributed by atoms with Crippen LogP contribution in [0.4, 0.5) is 0 Å². The number of hydrogen-bond acceptors (Lipinski definition) is 3. The fraction of sp³-hybridized carbons (Fsp3) is 0.250. The summed E-state index contributed by atoms with van der Waals surface area (Å²) in [5, 5.41) is 0.133. The first-order valence-corrected chi connectivity index (χ1v) is 7.21. The summed E-state index contributed by atoms with van der Waals surface area (Å²) < 4.78 is 24.6. The third kappa shape index (κ3) is 2.94. The smallest absolute Gasteiger partial charge is 0.227 e. The Kier molecular flexibility index (Phi) is 3.28. The van der Waals surface area contributed by atoms with Crippen molar-refractivity contribution in [1.82, 2.24) is 9.55 Å². The highest BCUT2D eigenvalue weighted by atomic mass is 32.2. The van der Waals surface area contributed by atoms with Gasteiger partial charge in [0.05, 0.1) is 0 Å². The molecule has 1 aromatic carbocycles. The predicted molar refractivity (Wildman–Crippen MR) is 65.5 cm³/mol. The summed E-state index contributed by atoms with van der Waals surface area (Å²) in [5.41, 5.74) is 1.18. The summed E-state index contributed by atoms with van der Waals surface area (Å²) in [4.78, 5) is 3.87. The van der Waals surface area contributed by atoms with E-state index in [1.165, 1.54) is 18.0 Å². The van der Waals surface area contributed by atoms with Crippen LogP contribution in [0.15, 0.2) is 47.9 Å². The number of imidazole rings is 1. The van der Waals surface area contributed by atoms with Gasteiger partial charge in [0.2, 0.25) is 15.0 Å². The highest BCUT2D eigenvalue weighted by Gasteiger charge is 2.13. The van der Waals surface area contributed by atoms with Crippen molar-refractivity contribution in [1.29, 1.82) is 0 Å². The second-order valence-corrected chi connectivity index (χ2v) is 5.82. The van der Waals surface area contributed by atoms with Crippen LogP contribution < -0.4 is 0 Å². The van der Waals surface area contributed by atoms with Crippen molar-refractivity contribution in [3.05, 3.63) is 48.3 Å². The van der Waals surface area contributed by atoms with Crippen LogP contribution in [-0.2, 0) is 22.8 Å². The van der Waals surface area contributed by atoms with Gasteiger partial charge in [0.25, 0.3) is 0 Å². The molecule has 0 aliphatic heterocycles. The summed E-state index contributed by atoms with van der Waals surface area (Å²) in [5.74, 6) is 0. The van der Waals surface area contributed by atoms with E-state index in [0.29, 0.717) is 6.54 Å². The first-order chi connectivity index (χ1) is 8.07. The molecule has 0 radical (unpaired) electrons. The Hall–Kier alpha value is -1.62.